The second-order valence-corrected chi connectivity index (χ2v) is 4.18. The van der Waals surface area contributed by atoms with Crippen LogP contribution in [-0.2, 0) is 6.42 Å². The summed E-state index contributed by atoms with van der Waals surface area (Å²) < 4.78 is 0. The van der Waals surface area contributed by atoms with Crippen LogP contribution in [0.25, 0.3) is 0 Å². The Morgan fingerprint density at radius 3 is 2.56 bits per heavy atom. The van der Waals surface area contributed by atoms with Gasteiger partial charge in [0.2, 0.25) is 0 Å². The highest BCUT2D eigenvalue weighted by atomic mass is 14.0. The Morgan fingerprint density at radius 2 is 1.94 bits per heavy atom. The molecule has 1 aromatic carbocycles. The first-order chi connectivity index (χ1) is 7.86. The van der Waals surface area contributed by atoms with Gasteiger partial charge in [-0.1, -0.05) is 74.4 Å². The highest BCUT2D eigenvalue weighted by molar-refractivity contribution is 5.23. The molecule has 86 valence electrons. The lowest BCUT2D eigenvalue weighted by molar-refractivity contribution is 0.705. The molecule has 0 aliphatic heterocycles. The summed E-state index contributed by atoms with van der Waals surface area (Å²) in [5.74, 6) is 0. The molecule has 0 aromatic heterocycles. The first kappa shape index (κ1) is 12.8. The van der Waals surface area contributed by atoms with Crippen molar-refractivity contribution in [1.82, 2.24) is 0 Å². The molecule has 0 radical (unpaired) electrons. The van der Waals surface area contributed by atoms with Crippen LogP contribution in [0.15, 0.2) is 54.6 Å². The van der Waals surface area contributed by atoms with Crippen LogP contribution < -0.4 is 0 Å². The zero-order valence-electron chi connectivity index (χ0n) is 10.3. The zero-order valence-corrected chi connectivity index (χ0v) is 10.3. The van der Waals surface area contributed by atoms with Crippen molar-refractivity contribution in [3.8, 4) is 0 Å². The fourth-order valence-electron chi connectivity index (χ4n) is 1.86. The molecule has 0 heteroatoms. The van der Waals surface area contributed by atoms with E-state index in [0.717, 1.165) is 6.42 Å². The van der Waals surface area contributed by atoms with E-state index < -0.39 is 0 Å². The zero-order chi connectivity index (χ0) is 11.6. The molecular weight excluding hydrogens is 192 g/mol. The number of benzene rings is 1. The normalized spacial score (nSPS) is 11.4. The van der Waals surface area contributed by atoms with Crippen LogP contribution in [0.5, 0.6) is 0 Å². The molecule has 0 nitrogen and oxygen atoms in total. The highest BCUT2D eigenvalue weighted by Gasteiger charge is 1.98. The monoisotopic (exact) mass is 214 g/mol. The Bertz CT molecular complexity index is 319. The van der Waals surface area contributed by atoms with E-state index in [9.17, 15) is 0 Å². The fraction of sp³-hybridized carbons (Fsp3) is 0.375. The minimum Gasteiger partial charge on any atom is -0.0991 e. The van der Waals surface area contributed by atoms with Crippen molar-refractivity contribution in [2.45, 2.75) is 39.0 Å². The minimum atomic E-state index is 1.07. The average molecular weight is 214 g/mol. The van der Waals surface area contributed by atoms with Crippen LogP contribution in [0, 0.1) is 0 Å². The Labute approximate surface area is 99.7 Å². The van der Waals surface area contributed by atoms with Crippen molar-refractivity contribution in [2.24, 2.45) is 0 Å². The summed E-state index contributed by atoms with van der Waals surface area (Å²) in [5.41, 5.74) is 2.89. The van der Waals surface area contributed by atoms with E-state index in [2.05, 4.69) is 49.9 Å². The van der Waals surface area contributed by atoms with Crippen LogP contribution in [0.2, 0.25) is 0 Å². The Hall–Kier alpha value is -1.30. The van der Waals surface area contributed by atoms with E-state index in [1.54, 1.807) is 0 Å². The van der Waals surface area contributed by atoms with Gasteiger partial charge in [0.15, 0.2) is 0 Å². The molecule has 0 atom stereocenters. The summed E-state index contributed by atoms with van der Waals surface area (Å²) in [4.78, 5) is 0. The second kappa shape index (κ2) is 7.92. The maximum absolute atomic E-state index is 3.79. The lowest BCUT2D eigenvalue weighted by Crippen LogP contribution is -1.91. The maximum atomic E-state index is 3.79. The lowest BCUT2D eigenvalue weighted by atomic mass is 9.99. The lowest BCUT2D eigenvalue weighted by Gasteiger charge is -2.06. The highest BCUT2D eigenvalue weighted by Crippen LogP contribution is 2.15. The van der Waals surface area contributed by atoms with Gasteiger partial charge in [-0.15, -0.1) is 0 Å². The van der Waals surface area contributed by atoms with Crippen molar-refractivity contribution >= 4 is 0 Å². The van der Waals surface area contributed by atoms with Gasteiger partial charge < -0.3 is 0 Å². The van der Waals surface area contributed by atoms with E-state index in [0.29, 0.717) is 0 Å². The van der Waals surface area contributed by atoms with Gasteiger partial charge in [-0.2, -0.15) is 0 Å². The van der Waals surface area contributed by atoms with Crippen LogP contribution in [0.1, 0.15) is 38.2 Å². The SMILES string of the molecule is C=C/C=C(/CCCCC)Cc1ccccc1. The van der Waals surface area contributed by atoms with Gasteiger partial charge in [0.1, 0.15) is 0 Å². The van der Waals surface area contributed by atoms with Crippen LogP contribution in [0.4, 0.5) is 0 Å². The largest absolute Gasteiger partial charge is 0.0991 e. The molecule has 1 aromatic rings. The van der Waals surface area contributed by atoms with Gasteiger partial charge in [0.05, 0.1) is 0 Å². The molecule has 0 saturated heterocycles. The van der Waals surface area contributed by atoms with Crippen molar-refractivity contribution in [1.29, 1.82) is 0 Å². The molecule has 1 rings (SSSR count). The van der Waals surface area contributed by atoms with Crippen LogP contribution in [0.3, 0.4) is 0 Å². The molecule has 0 unspecified atom stereocenters. The van der Waals surface area contributed by atoms with Gasteiger partial charge in [0.25, 0.3) is 0 Å². The molecular formula is C16H22. The van der Waals surface area contributed by atoms with E-state index in [1.165, 1.54) is 36.8 Å². The van der Waals surface area contributed by atoms with Crippen molar-refractivity contribution in [3.05, 3.63) is 60.2 Å². The van der Waals surface area contributed by atoms with Gasteiger partial charge in [-0.3, -0.25) is 0 Å². The molecule has 16 heavy (non-hydrogen) atoms. The van der Waals surface area contributed by atoms with E-state index >= 15 is 0 Å². The second-order valence-electron chi connectivity index (χ2n) is 4.18. The summed E-state index contributed by atoms with van der Waals surface area (Å²) in [6.07, 6.45) is 10.2. The van der Waals surface area contributed by atoms with Gasteiger partial charge >= 0.3 is 0 Å². The summed E-state index contributed by atoms with van der Waals surface area (Å²) in [5, 5.41) is 0. The first-order valence-corrected chi connectivity index (χ1v) is 6.21. The first-order valence-electron chi connectivity index (χ1n) is 6.21. The Balaban J connectivity index is 2.52. The molecule has 0 fully saturated rings. The summed E-state index contributed by atoms with van der Waals surface area (Å²) in [6, 6.07) is 10.7. The summed E-state index contributed by atoms with van der Waals surface area (Å²) in [6.45, 7) is 6.04. The van der Waals surface area contributed by atoms with Gasteiger partial charge in [-0.05, 0) is 24.8 Å². The van der Waals surface area contributed by atoms with Gasteiger partial charge in [0, 0.05) is 0 Å². The standard InChI is InChI=1S/C16H22/c1-3-5-7-11-15(10-4-2)14-16-12-8-6-9-13-16/h4,6,8-10,12-13H,2-3,5,7,11,14H2,1H3/b15-10-. The van der Waals surface area contributed by atoms with E-state index in [-0.39, 0.29) is 0 Å². The molecule has 0 heterocycles. The minimum absolute atomic E-state index is 1.07. The van der Waals surface area contributed by atoms with E-state index in [4.69, 9.17) is 0 Å². The molecule has 0 aliphatic rings. The van der Waals surface area contributed by atoms with Crippen molar-refractivity contribution < 1.29 is 0 Å². The quantitative estimate of drug-likeness (QED) is 0.446. The predicted octanol–water partition coefficient (Wildman–Crippen LogP) is 4.92. The number of hydrogen-bond acceptors (Lipinski definition) is 0. The molecule has 0 aliphatic carbocycles. The topological polar surface area (TPSA) is 0 Å². The Kier molecular flexibility index (Phi) is 6.32. The number of hydrogen-bond donors (Lipinski definition) is 0. The number of unbranched alkanes of at least 4 members (excludes halogenated alkanes) is 2. The molecule has 0 saturated carbocycles. The van der Waals surface area contributed by atoms with Crippen LogP contribution >= 0.6 is 0 Å². The summed E-state index contributed by atoms with van der Waals surface area (Å²) >= 11 is 0. The number of rotatable bonds is 7. The van der Waals surface area contributed by atoms with Crippen molar-refractivity contribution in [2.75, 3.05) is 0 Å². The van der Waals surface area contributed by atoms with E-state index in [1.807, 2.05) is 6.08 Å². The van der Waals surface area contributed by atoms with Crippen LogP contribution in [-0.4, -0.2) is 0 Å². The molecule has 0 amide bonds. The third kappa shape index (κ3) is 4.97. The molecule has 0 spiro atoms. The third-order valence-corrected chi connectivity index (χ3v) is 2.73. The number of allylic oxidation sites excluding steroid dienone is 3. The third-order valence-electron chi connectivity index (χ3n) is 2.73. The predicted molar refractivity (Wildman–Crippen MR) is 72.6 cm³/mol. The fourth-order valence-corrected chi connectivity index (χ4v) is 1.86. The van der Waals surface area contributed by atoms with Gasteiger partial charge in [-0.25, -0.2) is 0 Å². The smallest absolute Gasteiger partial charge is 0.00640 e. The maximum Gasteiger partial charge on any atom is -0.00640 e. The molecule has 0 bridgehead atoms. The van der Waals surface area contributed by atoms with Crippen molar-refractivity contribution in [3.63, 3.8) is 0 Å². The summed E-state index contributed by atoms with van der Waals surface area (Å²) in [7, 11) is 0. The average Bonchev–Trinajstić information content (AvgIpc) is 2.31. The molecule has 0 N–H and O–H groups in total. The Morgan fingerprint density at radius 1 is 1.19 bits per heavy atom.